The first kappa shape index (κ1) is 14.0. The van der Waals surface area contributed by atoms with E-state index in [1.54, 1.807) is 0 Å². The molecule has 0 aliphatic rings. The SMILES string of the molecule is CCCCn1c(CCC)nnc1SCC(=O)O. The first-order valence-corrected chi connectivity index (χ1v) is 6.94. The topological polar surface area (TPSA) is 68.0 Å². The molecule has 5 nitrogen and oxygen atoms in total. The van der Waals surface area contributed by atoms with Gasteiger partial charge in [0.2, 0.25) is 0 Å². The number of rotatable bonds is 8. The highest BCUT2D eigenvalue weighted by atomic mass is 32.2. The highest BCUT2D eigenvalue weighted by Gasteiger charge is 2.12. The van der Waals surface area contributed by atoms with E-state index in [0.717, 1.165) is 43.2 Å². The number of aliphatic carboxylic acids is 1. The van der Waals surface area contributed by atoms with Gasteiger partial charge in [-0.3, -0.25) is 4.79 Å². The fourth-order valence-corrected chi connectivity index (χ4v) is 2.21. The summed E-state index contributed by atoms with van der Waals surface area (Å²) in [5, 5.41) is 17.6. The second-order valence-electron chi connectivity index (χ2n) is 3.84. The Hall–Kier alpha value is -1.04. The van der Waals surface area contributed by atoms with Crippen molar-refractivity contribution in [2.24, 2.45) is 0 Å². The van der Waals surface area contributed by atoms with E-state index in [4.69, 9.17) is 5.11 Å². The molecule has 1 aromatic heterocycles. The highest BCUT2D eigenvalue weighted by molar-refractivity contribution is 7.99. The van der Waals surface area contributed by atoms with E-state index in [1.165, 1.54) is 11.8 Å². The molecule has 0 saturated heterocycles. The lowest BCUT2D eigenvalue weighted by atomic mass is 10.3. The smallest absolute Gasteiger partial charge is 0.313 e. The van der Waals surface area contributed by atoms with Crippen LogP contribution in [0.2, 0.25) is 0 Å². The number of hydrogen-bond donors (Lipinski definition) is 1. The number of carboxylic acids is 1. The number of unbranched alkanes of at least 4 members (excludes halogenated alkanes) is 1. The molecule has 0 aliphatic carbocycles. The van der Waals surface area contributed by atoms with Crippen molar-refractivity contribution in [2.45, 2.75) is 51.2 Å². The third-order valence-electron chi connectivity index (χ3n) is 2.33. The third-order valence-corrected chi connectivity index (χ3v) is 3.28. The fourth-order valence-electron chi connectivity index (χ4n) is 1.50. The quantitative estimate of drug-likeness (QED) is 0.723. The maximum atomic E-state index is 10.6. The molecule has 17 heavy (non-hydrogen) atoms. The van der Waals surface area contributed by atoms with Gasteiger partial charge in [0.05, 0.1) is 5.75 Å². The molecular weight excluding hydrogens is 238 g/mol. The molecule has 0 bridgehead atoms. The van der Waals surface area contributed by atoms with E-state index >= 15 is 0 Å². The zero-order valence-corrected chi connectivity index (χ0v) is 11.2. The summed E-state index contributed by atoms with van der Waals surface area (Å²) in [5.74, 6) is 0.182. The monoisotopic (exact) mass is 257 g/mol. The molecule has 0 aliphatic heterocycles. The standard InChI is InChI=1S/C11H19N3O2S/c1-3-5-7-14-9(6-4-2)12-13-11(14)17-8-10(15)16/h3-8H2,1-2H3,(H,15,16). The first-order valence-electron chi connectivity index (χ1n) is 5.95. The average molecular weight is 257 g/mol. The van der Waals surface area contributed by atoms with Crippen molar-refractivity contribution in [3.05, 3.63) is 5.82 Å². The Balaban J connectivity index is 2.75. The molecule has 1 rings (SSSR count). The van der Waals surface area contributed by atoms with E-state index in [1.807, 2.05) is 0 Å². The Bertz CT molecular complexity index is 366. The Kier molecular flexibility index (Phi) is 6.04. The molecule has 1 N–H and O–H groups in total. The molecule has 0 saturated carbocycles. The summed E-state index contributed by atoms with van der Waals surface area (Å²) in [6.07, 6.45) is 4.08. The maximum absolute atomic E-state index is 10.6. The number of carbonyl (C=O) groups is 1. The van der Waals surface area contributed by atoms with Crippen LogP contribution in [0, 0.1) is 0 Å². The van der Waals surface area contributed by atoms with Crippen LogP contribution in [0.4, 0.5) is 0 Å². The van der Waals surface area contributed by atoms with E-state index < -0.39 is 5.97 Å². The van der Waals surface area contributed by atoms with Gasteiger partial charge in [-0.05, 0) is 12.8 Å². The van der Waals surface area contributed by atoms with Gasteiger partial charge in [0.25, 0.3) is 0 Å². The molecule has 1 aromatic rings. The Labute approximate surface area is 106 Å². The Morgan fingerprint density at radius 2 is 2.12 bits per heavy atom. The molecule has 0 fully saturated rings. The van der Waals surface area contributed by atoms with Gasteiger partial charge in [0.15, 0.2) is 5.16 Å². The number of carboxylic acid groups (broad SMARTS) is 1. The van der Waals surface area contributed by atoms with E-state index in [2.05, 4.69) is 28.6 Å². The van der Waals surface area contributed by atoms with Crippen LogP contribution in [0.3, 0.4) is 0 Å². The summed E-state index contributed by atoms with van der Waals surface area (Å²) in [4.78, 5) is 10.6. The molecule has 0 unspecified atom stereocenters. The summed E-state index contributed by atoms with van der Waals surface area (Å²) in [6, 6.07) is 0. The molecule has 0 atom stereocenters. The fraction of sp³-hybridized carbons (Fsp3) is 0.727. The number of nitrogens with zero attached hydrogens (tertiary/aromatic N) is 3. The first-order chi connectivity index (χ1) is 8.19. The van der Waals surface area contributed by atoms with Crippen LogP contribution in [0.25, 0.3) is 0 Å². The minimum Gasteiger partial charge on any atom is -0.481 e. The number of thioether (sulfide) groups is 1. The number of hydrogen-bond acceptors (Lipinski definition) is 4. The van der Waals surface area contributed by atoms with Crippen LogP contribution in [-0.2, 0) is 17.8 Å². The lowest BCUT2D eigenvalue weighted by Crippen LogP contribution is -2.07. The Morgan fingerprint density at radius 3 is 2.71 bits per heavy atom. The lowest BCUT2D eigenvalue weighted by molar-refractivity contribution is -0.133. The lowest BCUT2D eigenvalue weighted by Gasteiger charge is -2.08. The molecule has 6 heteroatoms. The highest BCUT2D eigenvalue weighted by Crippen LogP contribution is 2.18. The van der Waals surface area contributed by atoms with Crippen LogP contribution in [-0.4, -0.2) is 31.6 Å². The molecule has 96 valence electrons. The number of aryl methyl sites for hydroxylation is 1. The molecule has 0 radical (unpaired) electrons. The van der Waals surface area contributed by atoms with Gasteiger partial charge in [0.1, 0.15) is 5.82 Å². The molecule has 0 aromatic carbocycles. The van der Waals surface area contributed by atoms with Crippen molar-refractivity contribution in [1.82, 2.24) is 14.8 Å². The zero-order valence-electron chi connectivity index (χ0n) is 10.3. The van der Waals surface area contributed by atoms with Crippen LogP contribution in [0.5, 0.6) is 0 Å². The van der Waals surface area contributed by atoms with Crippen molar-refractivity contribution in [3.8, 4) is 0 Å². The third kappa shape index (κ3) is 4.38. The van der Waals surface area contributed by atoms with Crippen molar-refractivity contribution in [3.63, 3.8) is 0 Å². The summed E-state index contributed by atoms with van der Waals surface area (Å²) < 4.78 is 2.06. The van der Waals surface area contributed by atoms with Crippen molar-refractivity contribution in [1.29, 1.82) is 0 Å². The molecule has 0 amide bonds. The van der Waals surface area contributed by atoms with E-state index in [-0.39, 0.29) is 5.75 Å². The van der Waals surface area contributed by atoms with Gasteiger partial charge < -0.3 is 9.67 Å². The molecule has 0 spiro atoms. The summed E-state index contributed by atoms with van der Waals surface area (Å²) in [6.45, 7) is 5.11. The number of aromatic nitrogens is 3. The van der Waals surface area contributed by atoms with Crippen molar-refractivity contribution >= 4 is 17.7 Å². The zero-order chi connectivity index (χ0) is 12.7. The summed E-state index contributed by atoms with van der Waals surface area (Å²) in [5.41, 5.74) is 0. The van der Waals surface area contributed by atoms with E-state index in [0.29, 0.717) is 0 Å². The van der Waals surface area contributed by atoms with Crippen LogP contribution >= 0.6 is 11.8 Å². The van der Waals surface area contributed by atoms with Gasteiger partial charge in [-0.15, -0.1) is 10.2 Å². The van der Waals surface area contributed by atoms with Crippen molar-refractivity contribution < 1.29 is 9.90 Å². The van der Waals surface area contributed by atoms with E-state index in [9.17, 15) is 4.79 Å². The molecular formula is C11H19N3O2S. The average Bonchev–Trinajstić information content (AvgIpc) is 2.67. The minimum absolute atomic E-state index is 0.0381. The normalized spacial score (nSPS) is 10.7. The van der Waals surface area contributed by atoms with Crippen LogP contribution in [0.15, 0.2) is 5.16 Å². The minimum atomic E-state index is -0.822. The van der Waals surface area contributed by atoms with Crippen molar-refractivity contribution in [2.75, 3.05) is 5.75 Å². The largest absolute Gasteiger partial charge is 0.481 e. The van der Waals surface area contributed by atoms with Gasteiger partial charge in [0, 0.05) is 13.0 Å². The Morgan fingerprint density at radius 1 is 1.35 bits per heavy atom. The van der Waals surface area contributed by atoms with Gasteiger partial charge in [-0.1, -0.05) is 32.0 Å². The van der Waals surface area contributed by atoms with Gasteiger partial charge in [-0.25, -0.2) is 0 Å². The van der Waals surface area contributed by atoms with Crippen LogP contribution < -0.4 is 0 Å². The van der Waals surface area contributed by atoms with Crippen LogP contribution in [0.1, 0.15) is 38.9 Å². The molecule has 1 heterocycles. The second kappa shape index (κ2) is 7.32. The maximum Gasteiger partial charge on any atom is 0.313 e. The summed E-state index contributed by atoms with van der Waals surface area (Å²) >= 11 is 1.24. The second-order valence-corrected chi connectivity index (χ2v) is 4.78. The predicted molar refractivity (Wildman–Crippen MR) is 67.3 cm³/mol. The predicted octanol–water partition coefficient (Wildman–Crippen LogP) is 2.21. The summed E-state index contributed by atoms with van der Waals surface area (Å²) in [7, 11) is 0. The van der Waals surface area contributed by atoms with Gasteiger partial charge >= 0.3 is 5.97 Å². The van der Waals surface area contributed by atoms with Gasteiger partial charge in [-0.2, -0.15) is 0 Å².